The number of carbonyl (C=O) groups excluding carboxylic acids is 3. The van der Waals surface area contributed by atoms with E-state index in [2.05, 4.69) is 26.2 Å². The van der Waals surface area contributed by atoms with E-state index in [1.807, 2.05) is 0 Å². The number of amides is 3. The number of nitrogens with one attached hydrogen (secondary N) is 1. The molecule has 1 atom stereocenters. The molecule has 2 heterocycles. The second-order valence-electron chi connectivity index (χ2n) is 5.18. The number of fused-ring (bicyclic) bond motifs is 1. The van der Waals surface area contributed by atoms with Crippen LogP contribution in [0.25, 0.3) is 0 Å². The molecule has 3 rings (SSSR count). The molecule has 0 aliphatic carbocycles. The Balaban J connectivity index is 1.82. The highest BCUT2D eigenvalue weighted by molar-refractivity contribution is 9.10. The van der Waals surface area contributed by atoms with Crippen molar-refractivity contribution in [1.29, 1.82) is 0 Å². The summed E-state index contributed by atoms with van der Waals surface area (Å²) in [4.78, 5) is 41.8. The van der Waals surface area contributed by atoms with Crippen molar-refractivity contribution < 1.29 is 18.8 Å². The Kier molecular flexibility index (Phi) is 4.15. The number of halogens is 2. The van der Waals surface area contributed by atoms with Gasteiger partial charge < -0.3 is 5.32 Å². The van der Waals surface area contributed by atoms with Crippen LogP contribution in [0.3, 0.4) is 0 Å². The minimum Gasteiger partial charge on any atom is -0.308 e. The molecule has 0 saturated heterocycles. The first-order valence-electron chi connectivity index (χ1n) is 6.99. The van der Waals surface area contributed by atoms with E-state index in [0.717, 1.165) is 17.2 Å². The van der Waals surface area contributed by atoms with E-state index in [9.17, 15) is 18.8 Å². The summed E-state index contributed by atoms with van der Waals surface area (Å²) in [5.41, 5.74) is 0.534. The van der Waals surface area contributed by atoms with E-state index in [0.29, 0.717) is 0 Å². The van der Waals surface area contributed by atoms with Gasteiger partial charge in [0.15, 0.2) is 0 Å². The number of benzene rings is 1. The van der Waals surface area contributed by atoms with Gasteiger partial charge in [0.1, 0.15) is 17.7 Å². The highest BCUT2D eigenvalue weighted by Crippen LogP contribution is 2.25. The topological polar surface area (TPSA) is 79.4 Å². The second-order valence-corrected chi connectivity index (χ2v) is 6.03. The van der Waals surface area contributed by atoms with Crippen LogP contribution >= 0.6 is 15.9 Å². The number of carbonyl (C=O) groups is 3. The maximum absolute atomic E-state index is 13.0. The van der Waals surface area contributed by atoms with Gasteiger partial charge in [-0.1, -0.05) is 12.1 Å². The summed E-state index contributed by atoms with van der Waals surface area (Å²) in [6, 6.07) is 6.48. The summed E-state index contributed by atoms with van der Waals surface area (Å²) in [6.45, 7) is 1.44. The van der Waals surface area contributed by atoms with Crippen molar-refractivity contribution in [3.05, 3.63) is 57.9 Å². The normalized spacial score (nSPS) is 14.5. The highest BCUT2D eigenvalue weighted by atomic mass is 79.9. The molecule has 0 bridgehead atoms. The van der Waals surface area contributed by atoms with Gasteiger partial charge in [-0.3, -0.25) is 19.3 Å². The molecule has 6 nitrogen and oxygen atoms in total. The Morgan fingerprint density at radius 1 is 1.25 bits per heavy atom. The van der Waals surface area contributed by atoms with E-state index in [1.165, 1.54) is 19.1 Å². The van der Waals surface area contributed by atoms with Gasteiger partial charge in [0, 0.05) is 0 Å². The molecule has 3 amide bonds. The van der Waals surface area contributed by atoms with E-state index >= 15 is 0 Å². The van der Waals surface area contributed by atoms with Crippen LogP contribution in [0.2, 0.25) is 0 Å². The predicted octanol–water partition coefficient (Wildman–Crippen LogP) is 2.61. The van der Waals surface area contributed by atoms with Gasteiger partial charge in [-0.2, -0.15) is 0 Å². The van der Waals surface area contributed by atoms with Crippen molar-refractivity contribution in [3.8, 4) is 0 Å². The Morgan fingerprint density at radius 3 is 2.38 bits per heavy atom. The third kappa shape index (κ3) is 2.69. The van der Waals surface area contributed by atoms with Crippen LogP contribution in [0.1, 0.15) is 27.6 Å². The Morgan fingerprint density at radius 2 is 1.83 bits per heavy atom. The molecule has 1 aliphatic heterocycles. The quantitative estimate of drug-likeness (QED) is 0.815. The van der Waals surface area contributed by atoms with Gasteiger partial charge in [0.25, 0.3) is 11.8 Å². The van der Waals surface area contributed by atoms with Crippen LogP contribution in [-0.2, 0) is 4.79 Å². The van der Waals surface area contributed by atoms with Gasteiger partial charge >= 0.3 is 0 Å². The average Bonchev–Trinajstić information content (AvgIpc) is 2.81. The van der Waals surface area contributed by atoms with Gasteiger partial charge in [0.05, 0.1) is 21.8 Å². The van der Waals surface area contributed by atoms with Crippen LogP contribution in [0, 0.1) is 5.82 Å². The van der Waals surface area contributed by atoms with E-state index in [1.54, 1.807) is 12.1 Å². The summed E-state index contributed by atoms with van der Waals surface area (Å²) < 4.78 is 13.3. The maximum atomic E-state index is 13.0. The van der Waals surface area contributed by atoms with Crippen molar-refractivity contribution in [2.75, 3.05) is 5.32 Å². The SMILES string of the molecule is CC(C(=O)Nc1ncc(F)cc1Br)N1C(=O)c2ccccc2C1=O. The summed E-state index contributed by atoms with van der Waals surface area (Å²) >= 11 is 3.09. The molecule has 0 radical (unpaired) electrons. The van der Waals surface area contributed by atoms with Crippen LogP contribution in [0.5, 0.6) is 0 Å². The van der Waals surface area contributed by atoms with Crippen LogP contribution in [0.4, 0.5) is 10.2 Å². The van der Waals surface area contributed by atoms with Gasteiger partial charge in [0.2, 0.25) is 5.91 Å². The molecule has 0 spiro atoms. The molecule has 2 aromatic rings. The number of anilines is 1. The summed E-state index contributed by atoms with van der Waals surface area (Å²) in [5.74, 6) is -2.11. The summed E-state index contributed by atoms with van der Waals surface area (Å²) in [7, 11) is 0. The highest BCUT2D eigenvalue weighted by Gasteiger charge is 2.40. The van der Waals surface area contributed by atoms with Crippen LogP contribution in [-0.4, -0.2) is 33.6 Å². The molecule has 1 aliphatic rings. The van der Waals surface area contributed by atoms with E-state index in [4.69, 9.17) is 0 Å². The predicted molar refractivity (Wildman–Crippen MR) is 86.9 cm³/mol. The largest absolute Gasteiger partial charge is 0.308 e. The number of nitrogens with zero attached hydrogens (tertiary/aromatic N) is 2. The molecular formula is C16H11BrFN3O3. The molecule has 122 valence electrons. The lowest BCUT2D eigenvalue weighted by Crippen LogP contribution is -2.45. The lowest BCUT2D eigenvalue weighted by molar-refractivity contribution is -0.119. The number of hydrogen-bond donors (Lipinski definition) is 1. The lowest BCUT2D eigenvalue weighted by atomic mass is 10.1. The molecule has 1 unspecified atom stereocenters. The zero-order valence-electron chi connectivity index (χ0n) is 12.4. The maximum Gasteiger partial charge on any atom is 0.262 e. The standard InChI is InChI=1S/C16H11BrFN3O3/c1-8(14(22)20-13-12(17)6-9(18)7-19-13)21-15(23)10-4-2-3-5-11(10)16(21)24/h2-8H,1H3,(H,19,20,22). The summed E-state index contributed by atoms with van der Waals surface area (Å²) in [5, 5.41) is 2.47. The first-order valence-corrected chi connectivity index (χ1v) is 7.78. The minimum atomic E-state index is -1.05. The number of pyridine rings is 1. The van der Waals surface area contributed by atoms with Crippen LogP contribution < -0.4 is 5.32 Å². The molecule has 8 heteroatoms. The van der Waals surface area contributed by atoms with Crippen molar-refractivity contribution in [2.45, 2.75) is 13.0 Å². The molecule has 1 aromatic heterocycles. The van der Waals surface area contributed by atoms with Crippen molar-refractivity contribution in [1.82, 2.24) is 9.88 Å². The lowest BCUT2D eigenvalue weighted by Gasteiger charge is -2.21. The molecular weight excluding hydrogens is 381 g/mol. The molecule has 1 N–H and O–H groups in total. The Labute approximate surface area is 144 Å². The fourth-order valence-electron chi connectivity index (χ4n) is 2.40. The van der Waals surface area contributed by atoms with Crippen molar-refractivity contribution in [2.24, 2.45) is 0 Å². The number of imide groups is 1. The Bertz CT molecular complexity index is 836. The summed E-state index contributed by atoms with van der Waals surface area (Å²) in [6.07, 6.45) is 0.951. The fourth-order valence-corrected chi connectivity index (χ4v) is 2.82. The molecule has 1 aromatic carbocycles. The first kappa shape index (κ1) is 16.3. The average molecular weight is 392 g/mol. The molecule has 0 fully saturated rings. The zero-order chi connectivity index (χ0) is 17.4. The van der Waals surface area contributed by atoms with Gasteiger partial charge in [-0.15, -0.1) is 0 Å². The number of rotatable bonds is 3. The molecule has 0 saturated carbocycles. The zero-order valence-corrected chi connectivity index (χ0v) is 14.0. The Hall–Kier alpha value is -2.61. The monoisotopic (exact) mass is 391 g/mol. The van der Waals surface area contributed by atoms with Crippen molar-refractivity contribution in [3.63, 3.8) is 0 Å². The number of hydrogen-bond acceptors (Lipinski definition) is 4. The van der Waals surface area contributed by atoms with Crippen LogP contribution in [0.15, 0.2) is 41.0 Å². The fraction of sp³-hybridized carbons (Fsp3) is 0.125. The third-order valence-corrected chi connectivity index (χ3v) is 4.25. The first-order chi connectivity index (χ1) is 11.4. The number of aromatic nitrogens is 1. The van der Waals surface area contributed by atoms with Crippen molar-refractivity contribution >= 4 is 39.5 Å². The smallest absolute Gasteiger partial charge is 0.262 e. The second kappa shape index (κ2) is 6.12. The molecule has 24 heavy (non-hydrogen) atoms. The van der Waals surface area contributed by atoms with Gasteiger partial charge in [-0.05, 0) is 41.1 Å². The van der Waals surface area contributed by atoms with Gasteiger partial charge in [-0.25, -0.2) is 9.37 Å². The minimum absolute atomic E-state index is 0.102. The van der Waals surface area contributed by atoms with E-state index < -0.39 is 29.6 Å². The third-order valence-electron chi connectivity index (χ3n) is 3.64. The van der Waals surface area contributed by atoms with E-state index in [-0.39, 0.29) is 21.4 Å².